The maximum Gasteiger partial charge on any atom is 0.277 e. The van der Waals surface area contributed by atoms with E-state index in [0.717, 1.165) is 22.9 Å². The normalized spacial score (nSPS) is 10.6. The summed E-state index contributed by atoms with van der Waals surface area (Å²) in [5.41, 5.74) is 2.95. The molecule has 0 atom stereocenters. The summed E-state index contributed by atoms with van der Waals surface area (Å²) in [6.45, 7) is 2.20. The van der Waals surface area contributed by atoms with Crippen LogP contribution < -0.4 is 0 Å². The van der Waals surface area contributed by atoms with Crippen LogP contribution in [0.5, 0.6) is 0 Å². The van der Waals surface area contributed by atoms with Gasteiger partial charge in [0.15, 0.2) is 0 Å². The van der Waals surface area contributed by atoms with E-state index in [2.05, 4.69) is 28.9 Å². The highest BCUT2D eigenvalue weighted by Gasteiger charge is 2.14. The zero-order chi connectivity index (χ0) is 15.9. The number of aryl methyl sites for hydroxylation is 1. The average Bonchev–Trinajstić information content (AvgIpc) is 2.53. The number of hydrogen-bond acceptors (Lipinski definition) is 2. The number of benzene rings is 2. The molecule has 2 aromatic carbocycles. The molecule has 22 heavy (non-hydrogen) atoms. The maximum atomic E-state index is 11.2. The van der Waals surface area contributed by atoms with Gasteiger partial charge in [0.1, 0.15) is 0 Å². The molecule has 2 rings (SSSR count). The van der Waals surface area contributed by atoms with Crippen molar-refractivity contribution >= 4 is 21.6 Å². The van der Waals surface area contributed by atoms with Crippen LogP contribution in [0.1, 0.15) is 38.2 Å². The number of unbranched alkanes of at least 4 members (excludes halogenated alkanes) is 3. The lowest BCUT2D eigenvalue weighted by molar-refractivity contribution is -0.384. The van der Waals surface area contributed by atoms with E-state index in [1.165, 1.54) is 24.8 Å². The number of nitro benzene ring substituents is 1. The molecule has 0 aliphatic heterocycles. The molecule has 0 N–H and O–H groups in total. The van der Waals surface area contributed by atoms with E-state index in [9.17, 15) is 10.1 Å². The van der Waals surface area contributed by atoms with Gasteiger partial charge in [-0.25, -0.2) is 0 Å². The fraction of sp³-hybridized carbons (Fsp3) is 0.333. The summed E-state index contributed by atoms with van der Waals surface area (Å²) in [6, 6.07) is 12.9. The van der Waals surface area contributed by atoms with Crippen LogP contribution in [0, 0.1) is 10.1 Å². The first-order valence-electron chi connectivity index (χ1n) is 7.65. The van der Waals surface area contributed by atoms with E-state index in [0.29, 0.717) is 5.56 Å². The molecule has 0 aliphatic rings. The lowest BCUT2D eigenvalue weighted by Gasteiger charge is -2.09. The molecule has 0 aliphatic carbocycles. The summed E-state index contributed by atoms with van der Waals surface area (Å²) in [5.74, 6) is 0. The van der Waals surface area contributed by atoms with Gasteiger partial charge in [-0.15, -0.1) is 0 Å². The second-order valence-corrected chi connectivity index (χ2v) is 6.25. The predicted octanol–water partition coefficient (Wildman–Crippen LogP) is 6.15. The number of rotatable bonds is 7. The first-order chi connectivity index (χ1) is 10.6. The molecule has 0 saturated heterocycles. The molecular weight excluding hydrogens is 342 g/mol. The van der Waals surface area contributed by atoms with Crippen LogP contribution in [-0.4, -0.2) is 4.92 Å². The van der Waals surface area contributed by atoms with Gasteiger partial charge in [0.2, 0.25) is 0 Å². The van der Waals surface area contributed by atoms with Crippen molar-refractivity contribution < 1.29 is 4.92 Å². The molecule has 0 unspecified atom stereocenters. The van der Waals surface area contributed by atoms with Gasteiger partial charge in [0.25, 0.3) is 5.69 Å². The van der Waals surface area contributed by atoms with Crippen molar-refractivity contribution in [3.63, 3.8) is 0 Å². The monoisotopic (exact) mass is 361 g/mol. The summed E-state index contributed by atoms with van der Waals surface area (Å²) in [4.78, 5) is 10.9. The standard InChI is InChI=1S/C18H20BrNO2/c1-2-3-4-5-8-15-13-14(11-12-17(15)19)16-9-6-7-10-18(16)20(21)22/h6-7,9-13H,2-5,8H2,1H3. The Labute approximate surface area is 139 Å². The zero-order valence-electron chi connectivity index (χ0n) is 12.7. The summed E-state index contributed by atoms with van der Waals surface area (Å²) in [7, 11) is 0. The molecule has 116 valence electrons. The zero-order valence-corrected chi connectivity index (χ0v) is 14.3. The van der Waals surface area contributed by atoms with Crippen LogP contribution in [0.15, 0.2) is 46.9 Å². The van der Waals surface area contributed by atoms with Gasteiger partial charge in [-0.1, -0.05) is 60.3 Å². The van der Waals surface area contributed by atoms with E-state index >= 15 is 0 Å². The molecule has 0 bridgehead atoms. The Morgan fingerprint density at radius 1 is 1.09 bits per heavy atom. The minimum atomic E-state index is -0.321. The Kier molecular flexibility index (Phi) is 6.13. The van der Waals surface area contributed by atoms with Crippen LogP contribution in [0.25, 0.3) is 11.1 Å². The molecule has 4 heteroatoms. The summed E-state index contributed by atoms with van der Waals surface area (Å²) >= 11 is 3.59. The number of hydrogen-bond donors (Lipinski definition) is 0. The van der Waals surface area contributed by atoms with Crippen LogP contribution >= 0.6 is 15.9 Å². The SMILES string of the molecule is CCCCCCc1cc(-c2ccccc2[N+](=O)[O-])ccc1Br. The fourth-order valence-corrected chi connectivity index (χ4v) is 3.00. The van der Waals surface area contributed by atoms with E-state index < -0.39 is 0 Å². The van der Waals surface area contributed by atoms with Gasteiger partial charge in [-0.2, -0.15) is 0 Å². The lowest BCUT2D eigenvalue weighted by atomic mass is 9.99. The van der Waals surface area contributed by atoms with E-state index in [-0.39, 0.29) is 10.6 Å². The van der Waals surface area contributed by atoms with Crippen molar-refractivity contribution in [2.24, 2.45) is 0 Å². The minimum Gasteiger partial charge on any atom is -0.258 e. The third kappa shape index (κ3) is 4.17. The van der Waals surface area contributed by atoms with E-state index in [1.807, 2.05) is 24.3 Å². The lowest BCUT2D eigenvalue weighted by Crippen LogP contribution is -1.93. The molecule has 0 aromatic heterocycles. The molecule has 0 amide bonds. The fourth-order valence-electron chi connectivity index (χ4n) is 2.55. The van der Waals surface area contributed by atoms with E-state index in [4.69, 9.17) is 0 Å². The number of nitro groups is 1. The van der Waals surface area contributed by atoms with Crippen molar-refractivity contribution in [3.05, 3.63) is 62.6 Å². The Morgan fingerprint density at radius 2 is 1.86 bits per heavy atom. The summed E-state index contributed by atoms with van der Waals surface area (Å²) in [6.07, 6.45) is 5.83. The van der Waals surface area contributed by atoms with Crippen molar-refractivity contribution in [1.29, 1.82) is 0 Å². The van der Waals surface area contributed by atoms with Crippen molar-refractivity contribution in [2.75, 3.05) is 0 Å². The van der Waals surface area contributed by atoms with Crippen molar-refractivity contribution in [2.45, 2.75) is 39.0 Å². The van der Waals surface area contributed by atoms with Crippen LogP contribution in [0.4, 0.5) is 5.69 Å². The first kappa shape index (κ1) is 16.7. The number of nitrogens with zero attached hydrogens (tertiary/aromatic N) is 1. The quantitative estimate of drug-likeness (QED) is 0.337. The van der Waals surface area contributed by atoms with Gasteiger partial charge < -0.3 is 0 Å². The molecular formula is C18H20BrNO2. The molecule has 0 saturated carbocycles. The molecule has 0 heterocycles. The summed E-state index contributed by atoms with van der Waals surface area (Å²) in [5, 5.41) is 11.2. The Balaban J connectivity index is 2.28. The number of para-hydroxylation sites is 1. The predicted molar refractivity (Wildman–Crippen MR) is 94.1 cm³/mol. The van der Waals surface area contributed by atoms with Gasteiger partial charge in [-0.3, -0.25) is 10.1 Å². The van der Waals surface area contributed by atoms with Crippen molar-refractivity contribution in [1.82, 2.24) is 0 Å². The van der Waals surface area contributed by atoms with Gasteiger partial charge in [-0.05, 0) is 42.2 Å². The van der Waals surface area contributed by atoms with Gasteiger partial charge >= 0.3 is 0 Å². The van der Waals surface area contributed by atoms with Gasteiger partial charge in [0.05, 0.1) is 10.5 Å². The topological polar surface area (TPSA) is 43.1 Å². The highest BCUT2D eigenvalue weighted by Crippen LogP contribution is 2.32. The highest BCUT2D eigenvalue weighted by molar-refractivity contribution is 9.10. The minimum absolute atomic E-state index is 0.154. The Bertz CT molecular complexity index is 655. The largest absolute Gasteiger partial charge is 0.277 e. The summed E-state index contributed by atoms with van der Waals surface area (Å²) < 4.78 is 1.08. The van der Waals surface area contributed by atoms with Crippen molar-refractivity contribution in [3.8, 4) is 11.1 Å². The molecule has 2 aromatic rings. The molecule has 0 spiro atoms. The third-order valence-corrected chi connectivity index (χ3v) is 4.53. The number of halogens is 1. The third-order valence-electron chi connectivity index (χ3n) is 3.76. The maximum absolute atomic E-state index is 11.2. The second kappa shape index (κ2) is 8.08. The van der Waals surface area contributed by atoms with Crippen LogP contribution in [-0.2, 0) is 6.42 Å². The van der Waals surface area contributed by atoms with Crippen LogP contribution in [0.2, 0.25) is 0 Å². The Morgan fingerprint density at radius 3 is 2.59 bits per heavy atom. The van der Waals surface area contributed by atoms with E-state index in [1.54, 1.807) is 12.1 Å². The first-order valence-corrected chi connectivity index (χ1v) is 8.45. The molecule has 0 fully saturated rings. The average molecular weight is 362 g/mol. The second-order valence-electron chi connectivity index (χ2n) is 5.39. The molecule has 0 radical (unpaired) electrons. The van der Waals surface area contributed by atoms with Crippen LogP contribution in [0.3, 0.4) is 0 Å². The Hall–Kier alpha value is -1.68. The smallest absolute Gasteiger partial charge is 0.258 e. The highest BCUT2D eigenvalue weighted by atomic mass is 79.9. The van der Waals surface area contributed by atoms with Gasteiger partial charge in [0, 0.05) is 10.5 Å². The molecule has 3 nitrogen and oxygen atoms in total.